The molecular formula is C6H10N2. The van der Waals surface area contributed by atoms with Crippen LogP contribution in [0, 0.1) is 13.8 Å². The van der Waals surface area contributed by atoms with Gasteiger partial charge in [0, 0.05) is 11.4 Å². The number of nitrogens with one attached hydrogen (secondary N) is 1. The van der Waals surface area contributed by atoms with Crippen molar-refractivity contribution in [2.24, 2.45) is 0 Å². The predicted octanol–water partition coefficient (Wildman–Crippen LogP) is 1.21. The number of nitrogen functional groups attached to an aromatic ring is 1. The molecule has 1 rings (SSSR count). The highest BCUT2D eigenvalue weighted by atomic mass is 14.8. The number of hydrogen-bond acceptors (Lipinski definition) is 1. The van der Waals surface area contributed by atoms with Crippen molar-refractivity contribution in [3.05, 3.63) is 17.5 Å². The minimum atomic E-state index is 0.850. The molecule has 0 aliphatic rings. The molecule has 0 unspecified atom stereocenters. The van der Waals surface area contributed by atoms with Gasteiger partial charge in [0.25, 0.3) is 0 Å². The molecule has 0 radical (unpaired) electrons. The fourth-order valence-corrected chi connectivity index (χ4v) is 0.746. The van der Waals surface area contributed by atoms with E-state index in [1.807, 2.05) is 19.9 Å². The summed E-state index contributed by atoms with van der Waals surface area (Å²) in [7, 11) is 0. The average Bonchev–Trinajstić information content (AvgIpc) is 1.85. The van der Waals surface area contributed by atoms with Crippen molar-refractivity contribution in [1.82, 2.24) is 4.98 Å². The number of aromatic nitrogens is 1. The average molecular weight is 110 g/mol. The van der Waals surface area contributed by atoms with Gasteiger partial charge in [0.2, 0.25) is 0 Å². The zero-order valence-electron chi connectivity index (χ0n) is 5.15. The van der Waals surface area contributed by atoms with E-state index in [1.54, 1.807) is 0 Å². The van der Waals surface area contributed by atoms with Crippen LogP contribution in [0.15, 0.2) is 6.07 Å². The van der Waals surface area contributed by atoms with E-state index in [4.69, 9.17) is 5.73 Å². The third kappa shape index (κ3) is 0.689. The Morgan fingerprint density at radius 2 is 2.12 bits per heavy atom. The van der Waals surface area contributed by atoms with Crippen LogP contribution in [-0.2, 0) is 0 Å². The van der Waals surface area contributed by atoms with Crippen LogP contribution >= 0.6 is 0 Å². The van der Waals surface area contributed by atoms with Crippen LogP contribution in [-0.4, -0.2) is 4.98 Å². The second-order valence-corrected chi connectivity index (χ2v) is 2.03. The Kier molecular flexibility index (Phi) is 1.01. The Morgan fingerprint density at radius 1 is 1.50 bits per heavy atom. The number of aryl methyl sites for hydroxylation is 2. The van der Waals surface area contributed by atoms with Gasteiger partial charge in [-0.25, -0.2) is 0 Å². The molecule has 0 amide bonds. The zero-order chi connectivity index (χ0) is 6.15. The first kappa shape index (κ1) is 5.22. The van der Waals surface area contributed by atoms with Gasteiger partial charge in [-0.05, 0) is 19.9 Å². The maximum Gasteiger partial charge on any atom is 0.0524 e. The maximum absolute atomic E-state index is 5.51. The van der Waals surface area contributed by atoms with Crippen molar-refractivity contribution in [1.29, 1.82) is 0 Å². The van der Waals surface area contributed by atoms with Crippen molar-refractivity contribution >= 4 is 5.69 Å². The van der Waals surface area contributed by atoms with Crippen molar-refractivity contribution in [2.75, 3.05) is 5.73 Å². The Morgan fingerprint density at radius 3 is 2.25 bits per heavy atom. The second-order valence-electron chi connectivity index (χ2n) is 2.03. The lowest BCUT2D eigenvalue weighted by Crippen LogP contribution is -1.82. The van der Waals surface area contributed by atoms with E-state index in [-0.39, 0.29) is 0 Å². The van der Waals surface area contributed by atoms with Crippen LogP contribution < -0.4 is 5.73 Å². The number of nitrogens with two attached hydrogens (primary N) is 1. The molecule has 0 atom stereocenters. The highest BCUT2D eigenvalue weighted by Gasteiger charge is 1.92. The van der Waals surface area contributed by atoms with E-state index in [1.165, 1.54) is 0 Å². The molecule has 0 aliphatic carbocycles. The fourth-order valence-electron chi connectivity index (χ4n) is 0.746. The SMILES string of the molecule is Cc1cc(N)c(C)[nH]1. The smallest absolute Gasteiger partial charge is 0.0524 e. The molecule has 2 heteroatoms. The molecule has 3 N–H and O–H groups in total. The Labute approximate surface area is 48.7 Å². The summed E-state index contributed by atoms with van der Waals surface area (Å²) in [6, 6.07) is 1.93. The summed E-state index contributed by atoms with van der Waals surface area (Å²) in [5, 5.41) is 0. The molecular weight excluding hydrogens is 100 g/mol. The number of aromatic amines is 1. The Hall–Kier alpha value is -0.920. The van der Waals surface area contributed by atoms with Gasteiger partial charge in [0.05, 0.1) is 5.69 Å². The quantitative estimate of drug-likeness (QED) is 0.518. The topological polar surface area (TPSA) is 41.8 Å². The first-order valence-electron chi connectivity index (χ1n) is 2.62. The monoisotopic (exact) mass is 110 g/mol. The third-order valence-corrected chi connectivity index (χ3v) is 1.19. The Bertz CT molecular complexity index is 169. The van der Waals surface area contributed by atoms with E-state index < -0.39 is 0 Å². The summed E-state index contributed by atoms with van der Waals surface area (Å²) in [5.74, 6) is 0. The standard InChI is InChI=1S/C6H10N2/c1-4-3-6(7)5(2)8-4/h3,8H,7H2,1-2H3. The van der Waals surface area contributed by atoms with Crippen molar-refractivity contribution in [3.63, 3.8) is 0 Å². The molecule has 0 bridgehead atoms. The van der Waals surface area contributed by atoms with E-state index in [0.717, 1.165) is 17.1 Å². The molecule has 0 aliphatic heterocycles. The first-order valence-corrected chi connectivity index (χ1v) is 2.62. The van der Waals surface area contributed by atoms with Crippen molar-refractivity contribution in [3.8, 4) is 0 Å². The Balaban J connectivity index is 3.14. The van der Waals surface area contributed by atoms with Gasteiger partial charge < -0.3 is 10.7 Å². The minimum absolute atomic E-state index is 0.850. The number of rotatable bonds is 0. The molecule has 1 heterocycles. The van der Waals surface area contributed by atoms with Crippen LogP contribution in [0.2, 0.25) is 0 Å². The third-order valence-electron chi connectivity index (χ3n) is 1.19. The lowest BCUT2D eigenvalue weighted by atomic mass is 10.4. The second kappa shape index (κ2) is 1.54. The molecule has 0 spiro atoms. The molecule has 44 valence electrons. The van der Waals surface area contributed by atoms with Gasteiger partial charge in [-0.3, -0.25) is 0 Å². The molecule has 2 nitrogen and oxygen atoms in total. The van der Waals surface area contributed by atoms with Crippen LogP contribution in [0.3, 0.4) is 0 Å². The number of anilines is 1. The minimum Gasteiger partial charge on any atom is -0.397 e. The summed E-state index contributed by atoms with van der Waals surface area (Å²) in [5.41, 5.74) is 8.54. The number of H-pyrrole nitrogens is 1. The number of hydrogen-bond donors (Lipinski definition) is 2. The molecule has 0 fully saturated rings. The van der Waals surface area contributed by atoms with E-state index in [0.29, 0.717) is 0 Å². The van der Waals surface area contributed by atoms with Crippen molar-refractivity contribution < 1.29 is 0 Å². The molecule has 1 aromatic rings. The van der Waals surface area contributed by atoms with Crippen LogP contribution in [0.5, 0.6) is 0 Å². The predicted molar refractivity (Wildman–Crippen MR) is 34.7 cm³/mol. The first-order chi connectivity index (χ1) is 3.70. The highest BCUT2D eigenvalue weighted by molar-refractivity contribution is 5.44. The van der Waals surface area contributed by atoms with Gasteiger partial charge in [0.1, 0.15) is 0 Å². The molecule has 0 saturated carbocycles. The summed E-state index contributed by atoms with van der Waals surface area (Å²) in [6.45, 7) is 3.95. The molecule has 0 saturated heterocycles. The van der Waals surface area contributed by atoms with Crippen molar-refractivity contribution in [2.45, 2.75) is 13.8 Å². The van der Waals surface area contributed by atoms with Gasteiger partial charge in [0.15, 0.2) is 0 Å². The lowest BCUT2D eigenvalue weighted by Gasteiger charge is -1.82. The van der Waals surface area contributed by atoms with Crippen LogP contribution in [0.4, 0.5) is 5.69 Å². The summed E-state index contributed by atoms with van der Waals surface area (Å²) >= 11 is 0. The van der Waals surface area contributed by atoms with Gasteiger partial charge in [-0.2, -0.15) is 0 Å². The molecule has 0 aromatic carbocycles. The summed E-state index contributed by atoms with van der Waals surface area (Å²) in [4.78, 5) is 3.08. The zero-order valence-corrected chi connectivity index (χ0v) is 5.15. The van der Waals surface area contributed by atoms with Gasteiger partial charge >= 0.3 is 0 Å². The summed E-state index contributed by atoms with van der Waals surface area (Å²) < 4.78 is 0. The van der Waals surface area contributed by atoms with Gasteiger partial charge in [-0.15, -0.1) is 0 Å². The molecule has 1 aromatic heterocycles. The maximum atomic E-state index is 5.51. The largest absolute Gasteiger partial charge is 0.397 e. The van der Waals surface area contributed by atoms with Crippen LogP contribution in [0.1, 0.15) is 11.4 Å². The highest BCUT2D eigenvalue weighted by Crippen LogP contribution is 2.09. The lowest BCUT2D eigenvalue weighted by molar-refractivity contribution is 1.19. The summed E-state index contributed by atoms with van der Waals surface area (Å²) in [6.07, 6.45) is 0. The van der Waals surface area contributed by atoms with E-state index in [2.05, 4.69) is 4.98 Å². The van der Waals surface area contributed by atoms with Crippen LogP contribution in [0.25, 0.3) is 0 Å². The van der Waals surface area contributed by atoms with E-state index >= 15 is 0 Å². The van der Waals surface area contributed by atoms with Gasteiger partial charge in [-0.1, -0.05) is 0 Å². The normalized spacial score (nSPS) is 9.75. The molecule has 8 heavy (non-hydrogen) atoms. The van der Waals surface area contributed by atoms with E-state index in [9.17, 15) is 0 Å². The fraction of sp³-hybridized carbons (Fsp3) is 0.333.